The number of nitrogens with zero attached hydrogens (tertiary/aromatic N) is 2. The van der Waals surface area contributed by atoms with Crippen molar-refractivity contribution in [3.05, 3.63) is 54.6 Å². The molecule has 0 saturated heterocycles. The molecule has 2 unspecified atom stereocenters. The summed E-state index contributed by atoms with van der Waals surface area (Å²) in [7, 11) is 0. The zero-order chi connectivity index (χ0) is 14.2. The van der Waals surface area contributed by atoms with Crippen LogP contribution in [0.4, 0.5) is 0 Å². The maximum Gasteiger partial charge on any atom is 0.0948 e. The highest BCUT2D eigenvalue weighted by molar-refractivity contribution is 5.15. The van der Waals surface area contributed by atoms with Crippen LogP contribution in [0.1, 0.15) is 51.1 Å². The molecular formula is C18H26N2. The summed E-state index contributed by atoms with van der Waals surface area (Å²) < 4.78 is 2.31. The predicted octanol–water partition coefficient (Wildman–Crippen LogP) is 4.88. The van der Waals surface area contributed by atoms with Crippen LogP contribution in [0.5, 0.6) is 0 Å². The summed E-state index contributed by atoms with van der Waals surface area (Å²) in [6.45, 7) is 4.58. The van der Waals surface area contributed by atoms with E-state index in [4.69, 9.17) is 0 Å². The Morgan fingerprint density at radius 1 is 1.15 bits per heavy atom. The van der Waals surface area contributed by atoms with E-state index in [1.165, 1.54) is 31.2 Å². The zero-order valence-electron chi connectivity index (χ0n) is 12.7. The normalized spacial score (nSPS) is 14.1. The topological polar surface area (TPSA) is 17.8 Å². The van der Waals surface area contributed by atoms with Crippen LogP contribution in [0, 0.1) is 5.92 Å². The van der Waals surface area contributed by atoms with Crippen LogP contribution in [0.3, 0.4) is 0 Å². The molecule has 2 heteroatoms. The quantitative estimate of drug-likeness (QED) is 0.668. The molecule has 0 fully saturated rings. The van der Waals surface area contributed by atoms with Gasteiger partial charge in [0.2, 0.25) is 0 Å². The Hall–Kier alpha value is -1.57. The van der Waals surface area contributed by atoms with Crippen molar-refractivity contribution in [2.75, 3.05) is 0 Å². The monoisotopic (exact) mass is 270 g/mol. The molecule has 0 bridgehead atoms. The van der Waals surface area contributed by atoms with Gasteiger partial charge in [-0.05, 0) is 24.3 Å². The lowest BCUT2D eigenvalue weighted by Gasteiger charge is -2.27. The van der Waals surface area contributed by atoms with E-state index in [0.717, 1.165) is 6.42 Å². The summed E-state index contributed by atoms with van der Waals surface area (Å²) in [5, 5.41) is 0. The average molecular weight is 270 g/mol. The lowest BCUT2D eigenvalue weighted by molar-refractivity contribution is 0.293. The smallest absolute Gasteiger partial charge is 0.0948 e. The zero-order valence-corrected chi connectivity index (χ0v) is 12.7. The molecule has 108 valence electrons. The lowest BCUT2D eigenvalue weighted by Crippen LogP contribution is -2.20. The highest BCUT2D eigenvalue weighted by Crippen LogP contribution is 2.29. The fourth-order valence-electron chi connectivity index (χ4n) is 2.98. The molecule has 0 amide bonds. The van der Waals surface area contributed by atoms with Gasteiger partial charge in [0.15, 0.2) is 0 Å². The fourth-order valence-corrected chi connectivity index (χ4v) is 2.98. The van der Waals surface area contributed by atoms with Gasteiger partial charge >= 0.3 is 0 Å². The molecule has 2 aromatic rings. The number of hydrogen-bond donors (Lipinski definition) is 0. The molecule has 1 aromatic carbocycles. The molecule has 2 atom stereocenters. The van der Waals surface area contributed by atoms with Gasteiger partial charge in [-0.3, -0.25) is 0 Å². The predicted molar refractivity (Wildman–Crippen MR) is 84.7 cm³/mol. The Bertz CT molecular complexity index is 461. The molecular weight excluding hydrogens is 244 g/mol. The summed E-state index contributed by atoms with van der Waals surface area (Å²) in [5.41, 5.74) is 1.45. The second-order valence-corrected chi connectivity index (χ2v) is 5.58. The van der Waals surface area contributed by atoms with Gasteiger partial charge in [0.25, 0.3) is 0 Å². The van der Waals surface area contributed by atoms with Crippen LogP contribution in [0.25, 0.3) is 0 Å². The number of unbranched alkanes of at least 4 members (excludes halogenated alkanes) is 1. The Kier molecular flexibility index (Phi) is 5.85. The van der Waals surface area contributed by atoms with Gasteiger partial charge in [-0.25, -0.2) is 4.98 Å². The molecule has 20 heavy (non-hydrogen) atoms. The van der Waals surface area contributed by atoms with Crippen LogP contribution in [-0.2, 0) is 6.42 Å². The van der Waals surface area contributed by atoms with Gasteiger partial charge in [0, 0.05) is 18.4 Å². The fraction of sp³-hybridized carbons (Fsp3) is 0.500. The third-order valence-electron chi connectivity index (χ3n) is 4.17. The number of rotatable bonds is 8. The van der Waals surface area contributed by atoms with Gasteiger partial charge < -0.3 is 4.57 Å². The molecule has 0 saturated carbocycles. The second-order valence-electron chi connectivity index (χ2n) is 5.58. The van der Waals surface area contributed by atoms with Crippen LogP contribution >= 0.6 is 0 Å². The van der Waals surface area contributed by atoms with Gasteiger partial charge in [-0.1, -0.05) is 63.4 Å². The van der Waals surface area contributed by atoms with Gasteiger partial charge in [0.05, 0.1) is 6.33 Å². The summed E-state index contributed by atoms with van der Waals surface area (Å²) in [5.74, 6) is 0.679. The van der Waals surface area contributed by atoms with Crippen molar-refractivity contribution in [3.8, 4) is 0 Å². The van der Waals surface area contributed by atoms with Crippen LogP contribution in [0.2, 0.25) is 0 Å². The molecule has 1 aromatic heterocycles. The van der Waals surface area contributed by atoms with E-state index in [2.05, 4.69) is 59.9 Å². The van der Waals surface area contributed by atoms with E-state index in [0.29, 0.717) is 12.0 Å². The summed E-state index contributed by atoms with van der Waals surface area (Å²) in [6, 6.07) is 11.4. The van der Waals surface area contributed by atoms with Gasteiger partial charge in [0.1, 0.15) is 0 Å². The Morgan fingerprint density at radius 3 is 2.55 bits per heavy atom. The summed E-state index contributed by atoms with van der Waals surface area (Å²) >= 11 is 0. The second kappa shape index (κ2) is 7.88. The largest absolute Gasteiger partial charge is 0.334 e. The SMILES string of the molecule is CCCCC(C(CC)Cc1ccccc1)n1ccnc1. The van der Waals surface area contributed by atoms with Crippen molar-refractivity contribution in [1.82, 2.24) is 9.55 Å². The third-order valence-corrected chi connectivity index (χ3v) is 4.17. The van der Waals surface area contributed by atoms with E-state index in [-0.39, 0.29) is 0 Å². The van der Waals surface area contributed by atoms with Crippen LogP contribution in [0.15, 0.2) is 49.1 Å². The van der Waals surface area contributed by atoms with Crippen molar-refractivity contribution in [2.45, 2.75) is 52.0 Å². The average Bonchev–Trinajstić information content (AvgIpc) is 3.01. The molecule has 0 N–H and O–H groups in total. The maximum absolute atomic E-state index is 4.24. The molecule has 0 aliphatic rings. The highest BCUT2D eigenvalue weighted by atomic mass is 15.1. The molecule has 2 nitrogen and oxygen atoms in total. The minimum absolute atomic E-state index is 0.572. The first-order chi connectivity index (χ1) is 9.85. The molecule has 0 radical (unpaired) electrons. The molecule has 0 aliphatic heterocycles. The Labute approximate surface area is 122 Å². The van der Waals surface area contributed by atoms with Crippen LogP contribution in [-0.4, -0.2) is 9.55 Å². The highest BCUT2D eigenvalue weighted by Gasteiger charge is 2.21. The summed E-state index contributed by atoms with van der Waals surface area (Å²) in [4.78, 5) is 4.24. The van der Waals surface area contributed by atoms with E-state index >= 15 is 0 Å². The number of hydrogen-bond acceptors (Lipinski definition) is 1. The van der Waals surface area contributed by atoms with E-state index < -0.39 is 0 Å². The first-order valence-corrected chi connectivity index (χ1v) is 7.86. The Morgan fingerprint density at radius 2 is 1.95 bits per heavy atom. The number of imidazole rings is 1. The van der Waals surface area contributed by atoms with Gasteiger partial charge in [-0.15, -0.1) is 0 Å². The van der Waals surface area contributed by atoms with E-state index in [9.17, 15) is 0 Å². The molecule has 2 rings (SSSR count). The van der Waals surface area contributed by atoms with Crippen molar-refractivity contribution in [2.24, 2.45) is 5.92 Å². The van der Waals surface area contributed by atoms with Crippen molar-refractivity contribution >= 4 is 0 Å². The number of aromatic nitrogens is 2. The van der Waals surface area contributed by atoms with Crippen molar-refractivity contribution in [1.29, 1.82) is 0 Å². The van der Waals surface area contributed by atoms with E-state index in [1.807, 2.05) is 12.5 Å². The first kappa shape index (κ1) is 14.8. The minimum Gasteiger partial charge on any atom is -0.334 e. The third kappa shape index (κ3) is 3.96. The minimum atomic E-state index is 0.572. The van der Waals surface area contributed by atoms with Gasteiger partial charge in [-0.2, -0.15) is 0 Å². The van der Waals surface area contributed by atoms with Crippen molar-refractivity contribution in [3.63, 3.8) is 0 Å². The molecule has 0 spiro atoms. The lowest BCUT2D eigenvalue weighted by atomic mass is 9.87. The standard InChI is InChI=1S/C18H26N2/c1-3-5-11-18(20-13-12-19-15-20)17(4-2)14-16-9-7-6-8-10-16/h6-10,12-13,15,17-18H,3-5,11,14H2,1-2H3. The van der Waals surface area contributed by atoms with E-state index in [1.54, 1.807) is 0 Å². The molecule has 1 heterocycles. The van der Waals surface area contributed by atoms with Crippen LogP contribution < -0.4 is 0 Å². The number of benzene rings is 1. The Balaban J connectivity index is 2.12. The van der Waals surface area contributed by atoms with Crippen molar-refractivity contribution < 1.29 is 0 Å². The maximum atomic E-state index is 4.24. The first-order valence-electron chi connectivity index (χ1n) is 7.86. The summed E-state index contributed by atoms with van der Waals surface area (Å²) in [6.07, 6.45) is 12.2. The molecule has 0 aliphatic carbocycles.